The minimum absolute atomic E-state index is 0. The van der Waals surface area contributed by atoms with Gasteiger partial charge in [-0.05, 0) is 27.7 Å². The smallest absolute Gasteiger partial charge is 0.314 e. The van der Waals surface area contributed by atoms with Gasteiger partial charge in [0.1, 0.15) is 0 Å². The normalized spacial score (nSPS) is 6.62. The summed E-state index contributed by atoms with van der Waals surface area (Å²) in [6.45, 7) is 30.3. The van der Waals surface area contributed by atoms with Gasteiger partial charge < -0.3 is 21.3 Å². The first-order valence-electron chi connectivity index (χ1n) is 14.7. The van der Waals surface area contributed by atoms with E-state index in [9.17, 15) is 9.59 Å². The van der Waals surface area contributed by atoms with Crippen LogP contribution in [0.1, 0.15) is 96.9 Å². The summed E-state index contributed by atoms with van der Waals surface area (Å²) in [4.78, 5) is 20.8. The van der Waals surface area contributed by atoms with Crippen molar-refractivity contribution in [3.8, 4) is 0 Å². The molecule has 231 valence electrons. The van der Waals surface area contributed by atoms with Crippen molar-refractivity contribution in [2.45, 2.75) is 96.9 Å². The van der Waals surface area contributed by atoms with E-state index in [1.54, 1.807) is 0 Å². The molecule has 4 amide bonds. The van der Waals surface area contributed by atoms with Gasteiger partial charge in [-0.2, -0.15) is 0 Å². The van der Waals surface area contributed by atoms with Gasteiger partial charge in [0.15, 0.2) is 0 Å². The summed E-state index contributed by atoms with van der Waals surface area (Å²) in [6, 6.07) is 23.8. The molecular weight excluding hydrogens is 523 g/mol. The monoisotopic (exact) mass is 589 g/mol. The fraction of sp³-hybridized carbons (Fsp3) is 0.562. The fourth-order valence-electron chi connectivity index (χ4n) is 1.54. The molecule has 0 unspecified atom stereocenters. The quantitative estimate of drug-likeness (QED) is 0.287. The molecule has 0 saturated carbocycles. The molecule has 7 heteroatoms. The van der Waals surface area contributed by atoms with Crippen molar-refractivity contribution in [2.24, 2.45) is 0 Å². The molecule has 39 heavy (non-hydrogen) atoms. The predicted octanol–water partition coefficient (Wildman–Crippen LogP) is 9.15. The largest absolute Gasteiger partial charge is 0.338 e. The van der Waals surface area contributed by atoms with Crippen LogP contribution >= 0.6 is 0 Å². The Hall–Kier alpha value is -2.44. The van der Waals surface area contributed by atoms with Crippen LogP contribution in [0.2, 0.25) is 0 Å². The first kappa shape index (κ1) is 56.7. The Morgan fingerprint density at radius 1 is 0.359 bits per heavy atom. The zero-order chi connectivity index (χ0) is 31.3. The van der Waals surface area contributed by atoms with Gasteiger partial charge in [-0.3, -0.25) is 0 Å². The minimum atomic E-state index is -0.0880. The summed E-state index contributed by atoms with van der Waals surface area (Å²) in [5.74, 6) is 0. The Balaban J connectivity index is -0.0000000491. The van der Waals surface area contributed by atoms with Crippen LogP contribution in [0, 0.1) is 0 Å². The number of hydrogen-bond donors (Lipinski definition) is 4. The van der Waals surface area contributed by atoms with Crippen LogP contribution < -0.4 is 21.3 Å². The SMILES string of the molecule is CC.CC.CC.CC.CC.CCNC(=O)NCC.CCNC(=O)NCC.[V].c1ccccc1.c1ccccc1. The number of urea groups is 2. The van der Waals surface area contributed by atoms with Crippen LogP contribution in [-0.4, -0.2) is 38.2 Å². The van der Waals surface area contributed by atoms with Crippen molar-refractivity contribution >= 4 is 12.1 Å². The van der Waals surface area contributed by atoms with Crippen molar-refractivity contribution in [3.05, 3.63) is 72.8 Å². The molecule has 0 spiro atoms. The van der Waals surface area contributed by atoms with E-state index in [1.807, 2.05) is 170 Å². The fourth-order valence-corrected chi connectivity index (χ4v) is 1.54. The third-order valence-corrected chi connectivity index (χ3v) is 2.68. The molecule has 0 heterocycles. The van der Waals surface area contributed by atoms with Crippen LogP contribution in [0.25, 0.3) is 0 Å². The van der Waals surface area contributed by atoms with Crippen LogP contribution in [0.3, 0.4) is 0 Å². The predicted molar refractivity (Wildman–Crippen MR) is 175 cm³/mol. The van der Waals surface area contributed by atoms with Gasteiger partial charge in [-0.1, -0.05) is 142 Å². The summed E-state index contributed by atoms with van der Waals surface area (Å²) in [6.07, 6.45) is 0. The van der Waals surface area contributed by atoms with Crippen molar-refractivity contribution in [1.29, 1.82) is 0 Å². The Labute approximate surface area is 256 Å². The van der Waals surface area contributed by atoms with E-state index in [0.29, 0.717) is 26.2 Å². The van der Waals surface area contributed by atoms with Crippen LogP contribution in [0.15, 0.2) is 72.8 Å². The molecular formula is C32H66N4O2V. The minimum Gasteiger partial charge on any atom is -0.338 e. The van der Waals surface area contributed by atoms with Gasteiger partial charge in [0.2, 0.25) is 0 Å². The van der Waals surface area contributed by atoms with Gasteiger partial charge in [-0.25, -0.2) is 9.59 Å². The van der Waals surface area contributed by atoms with E-state index >= 15 is 0 Å². The maximum absolute atomic E-state index is 10.4. The maximum Gasteiger partial charge on any atom is 0.314 e. The zero-order valence-corrected chi connectivity index (χ0v) is 29.4. The number of hydrogen-bond acceptors (Lipinski definition) is 2. The average Bonchev–Trinajstić information content (AvgIpc) is 3.02. The number of benzene rings is 2. The van der Waals surface area contributed by atoms with Gasteiger partial charge in [0.05, 0.1) is 0 Å². The first-order valence-corrected chi connectivity index (χ1v) is 14.7. The van der Waals surface area contributed by atoms with E-state index < -0.39 is 0 Å². The molecule has 4 N–H and O–H groups in total. The number of nitrogens with one attached hydrogen (secondary N) is 4. The Morgan fingerprint density at radius 2 is 0.462 bits per heavy atom. The van der Waals surface area contributed by atoms with Crippen LogP contribution in [0.5, 0.6) is 0 Å². The first-order chi connectivity index (χ1) is 18.6. The van der Waals surface area contributed by atoms with Gasteiger partial charge >= 0.3 is 12.1 Å². The molecule has 1 radical (unpaired) electrons. The van der Waals surface area contributed by atoms with E-state index in [0.717, 1.165) is 0 Å². The molecule has 2 rings (SSSR count). The Morgan fingerprint density at radius 3 is 0.538 bits per heavy atom. The summed E-state index contributed by atoms with van der Waals surface area (Å²) in [7, 11) is 0. The standard InChI is InChI=1S/2C6H6.2C5H12N2O.5C2H6.V/c2*1-2-4-6-5-3-1;2*1-3-6-5(8)7-4-2;5*1-2;/h2*1-6H;2*3-4H2,1-2H3,(H2,6,7,8);5*1-2H3;. The molecule has 0 aliphatic heterocycles. The van der Waals surface area contributed by atoms with E-state index in [-0.39, 0.29) is 30.6 Å². The maximum atomic E-state index is 10.4. The van der Waals surface area contributed by atoms with Crippen LogP contribution in [-0.2, 0) is 18.6 Å². The van der Waals surface area contributed by atoms with Crippen molar-refractivity contribution in [2.75, 3.05) is 26.2 Å². The zero-order valence-electron chi connectivity index (χ0n) is 28.0. The van der Waals surface area contributed by atoms with Crippen molar-refractivity contribution in [1.82, 2.24) is 21.3 Å². The third kappa shape index (κ3) is 86.2. The molecule has 2 aromatic carbocycles. The number of carbonyl (C=O) groups excluding carboxylic acids is 2. The number of carbonyl (C=O) groups is 2. The molecule has 6 nitrogen and oxygen atoms in total. The molecule has 0 aromatic heterocycles. The second-order valence-electron chi connectivity index (χ2n) is 5.09. The molecule has 2 aromatic rings. The molecule has 0 fully saturated rings. The summed E-state index contributed by atoms with van der Waals surface area (Å²) >= 11 is 0. The Kier molecular flexibility index (Phi) is 111. The third-order valence-electron chi connectivity index (χ3n) is 2.68. The van der Waals surface area contributed by atoms with E-state index in [4.69, 9.17) is 0 Å². The van der Waals surface area contributed by atoms with Gasteiger partial charge in [0.25, 0.3) is 0 Å². The van der Waals surface area contributed by atoms with E-state index in [1.165, 1.54) is 0 Å². The van der Waals surface area contributed by atoms with Crippen LogP contribution in [0.4, 0.5) is 9.59 Å². The molecule has 0 aliphatic rings. The Bertz CT molecular complexity index is 440. The molecule has 0 saturated heterocycles. The number of rotatable bonds is 4. The summed E-state index contributed by atoms with van der Waals surface area (Å²) < 4.78 is 0. The molecule has 0 atom stereocenters. The summed E-state index contributed by atoms with van der Waals surface area (Å²) in [5.41, 5.74) is 0. The average molecular weight is 590 g/mol. The summed E-state index contributed by atoms with van der Waals surface area (Å²) in [5, 5.41) is 10.4. The molecule has 0 aliphatic carbocycles. The van der Waals surface area contributed by atoms with Gasteiger partial charge in [0, 0.05) is 44.7 Å². The second kappa shape index (κ2) is 76.5. The molecule has 0 bridgehead atoms. The second-order valence-corrected chi connectivity index (χ2v) is 5.09. The van der Waals surface area contributed by atoms with Crippen molar-refractivity contribution in [3.63, 3.8) is 0 Å². The number of amides is 4. The van der Waals surface area contributed by atoms with E-state index in [2.05, 4.69) is 21.3 Å². The van der Waals surface area contributed by atoms with Crippen molar-refractivity contribution < 1.29 is 28.1 Å². The van der Waals surface area contributed by atoms with Gasteiger partial charge in [-0.15, -0.1) is 0 Å². The topological polar surface area (TPSA) is 82.3 Å².